The second kappa shape index (κ2) is 3.84. The van der Waals surface area contributed by atoms with Crippen LogP contribution < -0.4 is 0 Å². The van der Waals surface area contributed by atoms with Crippen LogP contribution in [0.2, 0.25) is 0 Å². The smallest absolute Gasteiger partial charge is 0.187 e. The molecule has 1 aromatic carbocycles. The van der Waals surface area contributed by atoms with Crippen molar-refractivity contribution in [1.82, 2.24) is 0 Å². The third-order valence-electron chi connectivity index (χ3n) is 2.56. The molecule has 0 amide bonds. The van der Waals surface area contributed by atoms with Crippen LogP contribution in [-0.4, -0.2) is 10.9 Å². The molecule has 1 N–H and O–H groups in total. The molecule has 1 atom stereocenters. The molecule has 0 radical (unpaired) electrons. The third kappa shape index (κ3) is 2.05. The van der Waals surface area contributed by atoms with Crippen molar-refractivity contribution < 1.29 is 9.90 Å². The summed E-state index contributed by atoms with van der Waals surface area (Å²) in [5, 5.41) is 9.77. The van der Waals surface area contributed by atoms with E-state index in [9.17, 15) is 9.90 Å². The molecule has 15 heavy (non-hydrogen) atoms. The Morgan fingerprint density at radius 1 is 1.53 bits per heavy atom. The Kier molecular flexibility index (Phi) is 2.53. The first-order valence-electron chi connectivity index (χ1n) is 4.91. The van der Waals surface area contributed by atoms with Gasteiger partial charge in [0.2, 0.25) is 0 Å². The van der Waals surface area contributed by atoms with Gasteiger partial charge in [-0.2, -0.15) is 0 Å². The molecule has 1 aliphatic rings. The van der Waals surface area contributed by atoms with Gasteiger partial charge in [0.1, 0.15) is 6.10 Å². The number of nitrogens with zero attached hydrogens (tertiary/aromatic N) is 1. The van der Waals surface area contributed by atoms with Gasteiger partial charge in [-0.3, -0.25) is 4.79 Å². The maximum absolute atomic E-state index is 11.6. The lowest BCUT2D eigenvalue weighted by Gasteiger charge is -2.09. The van der Waals surface area contributed by atoms with Crippen molar-refractivity contribution in [3.05, 3.63) is 41.2 Å². The van der Waals surface area contributed by atoms with Gasteiger partial charge >= 0.3 is 0 Å². The van der Waals surface area contributed by atoms with Gasteiger partial charge in [0.25, 0.3) is 0 Å². The lowest BCUT2D eigenvalue weighted by atomic mass is 10.0. The summed E-state index contributed by atoms with van der Waals surface area (Å²) >= 11 is 0. The summed E-state index contributed by atoms with van der Waals surface area (Å²) in [4.78, 5) is 14.8. The molecule has 0 aromatic heterocycles. The van der Waals surface area contributed by atoms with E-state index in [4.69, 9.17) is 6.57 Å². The summed E-state index contributed by atoms with van der Waals surface area (Å²) in [5.41, 5.74) is 0.982. The summed E-state index contributed by atoms with van der Waals surface area (Å²) < 4.78 is 0. The van der Waals surface area contributed by atoms with Crippen LogP contribution in [0.4, 0.5) is 5.69 Å². The number of aliphatic hydroxyl groups excluding tert-OH is 1. The van der Waals surface area contributed by atoms with Gasteiger partial charge in [0, 0.05) is 5.92 Å². The fourth-order valence-electron chi connectivity index (χ4n) is 1.52. The van der Waals surface area contributed by atoms with Crippen molar-refractivity contribution >= 4 is 11.5 Å². The van der Waals surface area contributed by atoms with Crippen LogP contribution in [0, 0.1) is 12.5 Å². The molecule has 1 aromatic rings. The summed E-state index contributed by atoms with van der Waals surface area (Å²) in [5.74, 6) is -0.0753. The van der Waals surface area contributed by atoms with Gasteiger partial charge in [-0.25, -0.2) is 4.85 Å². The highest BCUT2D eigenvalue weighted by molar-refractivity contribution is 5.88. The van der Waals surface area contributed by atoms with Gasteiger partial charge in [-0.15, -0.1) is 0 Å². The zero-order chi connectivity index (χ0) is 10.8. The van der Waals surface area contributed by atoms with Crippen LogP contribution in [0.3, 0.4) is 0 Å². The molecule has 0 bridgehead atoms. The quantitative estimate of drug-likeness (QED) is 0.762. The maximum Gasteiger partial charge on any atom is 0.187 e. The number of aliphatic hydroxyl groups is 1. The maximum atomic E-state index is 11.6. The monoisotopic (exact) mass is 201 g/mol. The van der Waals surface area contributed by atoms with Crippen LogP contribution in [0.25, 0.3) is 4.85 Å². The van der Waals surface area contributed by atoms with E-state index in [1.807, 2.05) is 0 Å². The molecule has 1 unspecified atom stereocenters. The number of rotatable bonds is 3. The van der Waals surface area contributed by atoms with Gasteiger partial charge < -0.3 is 5.11 Å². The molecule has 1 aliphatic carbocycles. The molecule has 0 saturated heterocycles. The van der Waals surface area contributed by atoms with Crippen LogP contribution in [0.1, 0.15) is 24.5 Å². The standard InChI is InChI=1S/C12H11NO2/c1-13-10-4-2-3-9(7-10)12(15)11(14)8-5-6-8/h2-4,7-8,12,15H,5-6H2. The zero-order valence-corrected chi connectivity index (χ0v) is 8.18. The summed E-state index contributed by atoms with van der Waals surface area (Å²) in [6.45, 7) is 6.84. The van der Waals surface area contributed by atoms with Crippen LogP contribution in [0.5, 0.6) is 0 Å². The second-order valence-corrected chi connectivity index (χ2v) is 3.79. The molecule has 2 rings (SSSR count). The van der Waals surface area contributed by atoms with Crippen LogP contribution in [0.15, 0.2) is 24.3 Å². The van der Waals surface area contributed by atoms with E-state index >= 15 is 0 Å². The van der Waals surface area contributed by atoms with E-state index in [2.05, 4.69) is 4.85 Å². The van der Waals surface area contributed by atoms with Crippen molar-refractivity contribution in [2.75, 3.05) is 0 Å². The molecular weight excluding hydrogens is 190 g/mol. The number of carbonyl (C=O) groups is 1. The first-order chi connectivity index (χ1) is 7.22. The first kappa shape index (κ1) is 9.88. The van der Waals surface area contributed by atoms with E-state index in [1.54, 1.807) is 24.3 Å². The number of ketones is 1. The number of hydrogen-bond donors (Lipinski definition) is 1. The zero-order valence-electron chi connectivity index (χ0n) is 8.18. The van der Waals surface area contributed by atoms with Gasteiger partial charge in [0.05, 0.1) is 6.57 Å². The average Bonchev–Trinajstić information content (AvgIpc) is 3.11. The molecule has 3 nitrogen and oxygen atoms in total. The van der Waals surface area contributed by atoms with Crippen molar-refractivity contribution in [2.24, 2.45) is 5.92 Å². The average molecular weight is 201 g/mol. The molecule has 0 aliphatic heterocycles. The Morgan fingerprint density at radius 3 is 2.87 bits per heavy atom. The van der Waals surface area contributed by atoms with Crippen molar-refractivity contribution in [2.45, 2.75) is 18.9 Å². The van der Waals surface area contributed by atoms with E-state index in [0.717, 1.165) is 12.8 Å². The minimum atomic E-state index is -1.06. The first-order valence-corrected chi connectivity index (χ1v) is 4.91. The number of Topliss-reactive ketones (excluding diaryl/α,β-unsaturated/α-hetero) is 1. The largest absolute Gasteiger partial charge is 0.381 e. The Hall–Kier alpha value is -1.66. The summed E-state index contributed by atoms with van der Waals surface area (Å²) in [7, 11) is 0. The molecule has 76 valence electrons. The number of benzene rings is 1. The summed E-state index contributed by atoms with van der Waals surface area (Å²) in [6.07, 6.45) is 0.718. The molecule has 1 saturated carbocycles. The minimum absolute atomic E-state index is 0.0385. The topological polar surface area (TPSA) is 41.7 Å². The predicted octanol–water partition coefficient (Wildman–Crippen LogP) is 2.25. The van der Waals surface area contributed by atoms with Crippen LogP contribution in [-0.2, 0) is 4.79 Å². The Bertz CT molecular complexity index is 429. The molecule has 0 heterocycles. The van der Waals surface area contributed by atoms with E-state index in [0.29, 0.717) is 11.3 Å². The van der Waals surface area contributed by atoms with E-state index in [1.165, 1.54) is 0 Å². The fraction of sp³-hybridized carbons (Fsp3) is 0.333. The highest BCUT2D eigenvalue weighted by Gasteiger charge is 2.34. The fourth-order valence-corrected chi connectivity index (χ4v) is 1.52. The SMILES string of the molecule is [C-]#[N+]c1cccc(C(O)C(=O)C2CC2)c1. The molecular formula is C12H11NO2. The predicted molar refractivity (Wildman–Crippen MR) is 55.4 cm³/mol. The lowest BCUT2D eigenvalue weighted by Crippen LogP contribution is -2.13. The Morgan fingerprint density at radius 2 is 2.27 bits per heavy atom. The van der Waals surface area contributed by atoms with Crippen molar-refractivity contribution in [1.29, 1.82) is 0 Å². The second-order valence-electron chi connectivity index (χ2n) is 3.79. The molecule has 1 fully saturated rings. The summed E-state index contributed by atoms with van der Waals surface area (Å²) in [6, 6.07) is 6.59. The van der Waals surface area contributed by atoms with Gasteiger partial charge in [0.15, 0.2) is 11.5 Å². The van der Waals surface area contributed by atoms with Gasteiger partial charge in [-0.1, -0.05) is 24.3 Å². The minimum Gasteiger partial charge on any atom is -0.381 e. The Labute approximate surface area is 88.2 Å². The van der Waals surface area contributed by atoms with Crippen LogP contribution >= 0.6 is 0 Å². The normalized spacial score (nSPS) is 16.8. The van der Waals surface area contributed by atoms with E-state index < -0.39 is 6.10 Å². The van der Waals surface area contributed by atoms with E-state index in [-0.39, 0.29) is 11.7 Å². The van der Waals surface area contributed by atoms with Crippen molar-refractivity contribution in [3.8, 4) is 0 Å². The number of hydrogen-bond acceptors (Lipinski definition) is 2. The molecule has 3 heteroatoms. The highest BCUT2D eigenvalue weighted by Crippen LogP contribution is 2.35. The molecule has 0 spiro atoms. The highest BCUT2D eigenvalue weighted by atomic mass is 16.3. The Balaban J connectivity index is 2.21. The third-order valence-corrected chi connectivity index (χ3v) is 2.56. The van der Waals surface area contributed by atoms with Crippen molar-refractivity contribution in [3.63, 3.8) is 0 Å². The number of carbonyl (C=O) groups excluding carboxylic acids is 1. The lowest BCUT2D eigenvalue weighted by molar-refractivity contribution is -0.128. The van der Waals surface area contributed by atoms with Gasteiger partial charge in [-0.05, 0) is 18.4 Å².